The third-order valence-electron chi connectivity index (χ3n) is 5.81. The lowest BCUT2D eigenvalue weighted by Crippen LogP contribution is -2.27. The van der Waals surface area contributed by atoms with Gasteiger partial charge in [0.25, 0.3) is 0 Å². The first kappa shape index (κ1) is 19.2. The summed E-state index contributed by atoms with van der Waals surface area (Å²) in [6, 6.07) is 7.96. The first-order chi connectivity index (χ1) is 12.9. The molecule has 0 amide bonds. The van der Waals surface area contributed by atoms with Gasteiger partial charge in [-0.2, -0.15) is 0 Å². The molecule has 0 saturated heterocycles. The minimum absolute atomic E-state index is 0.0211. The van der Waals surface area contributed by atoms with Gasteiger partial charge < -0.3 is 24.1 Å². The third-order valence-corrected chi connectivity index (χ3v) is 5.81. The van der Waals surface area contributed by atoms with Crippen LogP contribution >= 0.6 is 0 Å². The molecule has 0 heterocycles. The first-order valence-corrected chi connectivity index (χ1v) is 9.14. The van der Waals surface area contributed by atoms with Gasteiger partial charge in [-0.1, -0.05) is 13.8 Å². The highest BCUT2D eigenvalue weighted by molar-refractivity contribution is 5.57. The quantitative estimate of drug-likeness (QED) is 0.844. The summed E-state index contributed by atoms with van der Waals surface area (Å²) in [5.41, 5.74) is 3.52. The molecule has 5 heteroatoms. The number of ether oxygens (including phenoxy) is 4. The van der Waals surface area contributed by atoms with Crippen molar-refractivity contribution in [3.8, 4) is 28.7 Å². The van der Waals surface area contributed by atoms with Gasteiger partial charge in [0.15, 0.2) is 23.0 Å². The standard InChI is InChI=1S/C22H28O5/c1-12-7-14-8-17(24-3)18(25-4)11-16(14)21(13(12)2)15-9-19(26-5)22(23)20(10-15)27-6/h8-13,21,23H,7H2,1-6H3/t12-,13+,21+/m1/s1. The number of methoxy groups -OCH3 is 4. The van der Waals surface area contributed by atoms with Gasteiger partial charge in [-0.3, -0.25) is 0 Å². The number of hydrogen-bond donors (Lipinski definition) is 1. The van der Waals surface area contributed by atoms with E-state index in [1.165, 1.54) is 11.1 Å². The molecule has 1 aliphatic carbocycles. The molecule has 1 aliphatic rings. The monoisotopic (exact) mass is 372 g/mol. The highest BCUT2D eigenvalue weighted by Gasteiger charge is 2.34. The predicted octanol–water partition coefficient (Wildman–Crippen LogP) is 4.39. The Kier molecular flexibility index (Phi) is 5.40. The normalized spacial score (nSPS) is 21.3. The van der Waals surface area contributed by atoms with Crippen LogP contribution in [0.4, 0.5) is 0 Å². The summed E-state index contributed by atoms with van der Waals surface area (Å²) in [7, 11) is 6.41. The van der Waals surface area contributed by atoms with Crippen molar-refractivity contribution in [2.24, 2.45) is 11.8 Å². The van der Waals surface area contributed by atoms with Crippen molar-refractivity contribution in [2.75, 3.05) is 28.4 Å². The van der Waals surface area contributed by atoms with E-state index in [0.717, 1.165) is 23.5 Å². The minimum Gasteiger partial charge on any atom is -0.502 e. The Balaban J connectivity index is 2.21. The molecule has 5 nitrogen and oxygen atoms in total. The fourth-order valence-electron chi connectivity index (χ4n) is 4.12. The summed E-state index contributed by atoms with van der Waals surface area (Å²) < 4.78 is 21.8. The van der Waals surface area contributed by atoms with Crippen molar-refractivity contribution in [1.82, 2.24) is 0 Å². The second kappa shape index (κ2) is 7.59. The van der Waals surface area contributed by atoms with Crippen LogP contribution in [0.1, 0.15) is 36.5 Å². The Morgan fingerprint density at radius 3 is 1.81 bits per heavy atom. The molecule has 146 valence electrons. The van der Waals surface area contributed by atoms with Crippen LogP contribution in [0.3, 0.4) is 0 Å². The van der Waals surface area contributed by atoms with E-state index in [1.807, 2.05) is 12.1 Å². The maximum absolute atomic E-state index is 10.3. The lowest BCUT2D eigenvalue weighted by Gasteiger charge is -2.37. The lowest BCUT2D eigenvalue weighted by atomic mass is 9.68. The van der Waals surface area contributed by atoms with Crippen molar-refractivity contribution in [2.45, 2.75) is 26.2 Å². The van der Waals surface area contributed by atoms with Crippen LogP contribution in [0.2, 0.25) is 0 Å². The summed E-state index contributed by atoms with van der Waals surface area (Å²) >= 11 is 0. The molecular formula is C22H28O5. The molecular weight excluding hydrogens is 344 g/mol. The van der Waals surface area contributed by atoms with Crippen molar-refractivity contribution >= 4 is 0 Å². The Morgan fingerprint density at radius 1 is 0.778 bits per heavy atom. The van der Waals surface area contributed by atoms with E-state index in [9.17, 15) is 5.11 Å². The Morgan fingerprint density at radius 2 is 1.30 bits per heavy atom. The summed E-state index contributed by atoms with van der Waals surface area (Å²) in [6.45, 7) is 4.53. The fourth-order valence-corrected chi connectivity index (χ4v) is 4.12. The first-order valence-electron chi connectivity index (χ1n) is 9.14. The number of hydrogen-bond acceptors (Lipinski definition) is 5. The molecule has 0 bridgehead atoms. The predicted molar refractivity (Wildman–Crippen MR) is 105 cm³/mol. The number of fused-ring (bicyclic) bond motifs is 1. The molecule has 0 aliphatic heterocycles. The maximum atomic E-state index is 10.3. The van der Waals surface area contributed by atoms with Gasteiger partial charge >= 0.3 is 0 Å². The minimum atomic E-state index is 0.0211. The van der Waals surface area contributed by atoms with E-state index < -0.39 is 0 Å². The molecule has 0 spiro atoms. The molecule has 2 aromatic rings. The Labute approximate surface area is 160 Å². The van der Waals surface area contributed by atoms with Crippen molar-refractivity contribution < 1.29 is 24.1 Å². The van der Waals surface area contributed by atoms with Crippen molar-refractivity contribution in [1.29, 1.82) is 0 Å². The smallest absolute Gasteiger partial charge is 0.200 e. The molecule has 27 heavy (non-hydrogen) atoms. The number of phenols is 1. The van der Waals surface area contributed by atoms with E-state index in [1.54, 1.807) is 28.4 Å². The zero-order chi connectivity index (χ0) is 19.7. The molecule has 3 atom stereocenters. The summed E-state index contributed by atoms with van der Waals surface area (Å²) in [5, 5.41) is 10.3. The number of rotatable bonds is 5. The van der Waals surface area contributed by atoms with Crippen LogP contribution in [-0.4, -0.2) is 33.5 Å². The number of aromatic hydroxyl groups is 1. The van der Waals surface area contributed by atoms with Crippen molar-refractivity contribution in [3.05, 3.63) is 41.0 Å². The summed E-state index contributed by atoms with van der Waals surface area (Å²) in [6.07, 6.45) is 0.986. The zero-order valence-corrected chi connectivity index (χ0v) is 16.8. The van der Waals surface area contributed by atoms with Gasteiger partial charge in [-0.15, -0.1) is 0 Å². The van der Waals surface area contributed by atoms with Crippen LogP contribution in [0.5, 0.6) is 28.7 Å². The zero-order valence-electron chi connectivity index (χ0n) is 16.8. The maximum Gasteiger partial charge on any atom is 0.200 e. The SMILES string of the molecule is COc1cc2c(cc1OC)[C@H](c1cc(OC)c(O)c(OC)c1)[C@@H](C)[C@H](C)C2. The van der Waals surface area contributed by atoms with Gasteiger partial charge in [0.05, 0.1) is 28.4 Å². The van der Waals surface area contributed by atoms with Gasteiger partial charge in [-0.05, 0) is 59.2 Å². The number of benzene rings is 2. The largest absolute Gasteiger partial charge is 0.502 e. The lowest BCUT2D eigenvalue weighted by molar-refractivity contribution is 0.313. The van der Waals surface area contributed by atoms with E-state index in [2.05, 4.69) is 26.0 Å². The third kappa shape index (κ3) is 3.27. The van der Waals surface area contributed by atoms with Crippen LogP contribution in [0.15, 0.2) is 24.3 Å². The van der Waals surface area contributed by atoms with Crippen molar-refractivity contribution in [3.63, 3.8) is 0 Å². The van der Waals surface area contributed by atoms with E-state index >= 15 is 0 Å². The topological polar surface area (TPSA) is 57.2 Å². The molecule has 2 aromatic carbocycles. The molecule has 0 radical (unpaired) electrons. The fraction of sp³-hybridized carbons (Fsp3) is 0.455. The van der Waals surface area contributed by atoms with E-state index in [0.29, 0.717) is 23.3 Å². The van der Waals surface area contributed by atoms with Crippen LogP contribution in [0.25, 0.3) is 0 Å². The van der Waals surface area contributed by atoms with Gasteiger partial charge in [0, 0.05) is 5.92 Å². The summed E-state index contributed by atoms with van der Waals surface area (Å²) in [5.74, 6) is 3.34. The van der Waals surface area contributed by atoms with Crippen LogP contribution in [0, 0.1) is 11.8 Å². The van der Waals surface area contributed by atoms with E-state index in [-0.39, 0.29) is 11.7 Å². The highest BCUT2D eigenvalue weighted by Crippen LogP contribution is 2.49. The van der Waals surface area contributed by atoms with Gasteiger partial charge in [-0.25, -0.2) is 0 Å². The molecule has 0 saturated carbocycles. The Bertz CT molecular complexity index is 805. The second-order valence-electron chi connectivity index (χ2n) is 7.20. The van der Waals surface area contributed by atoms with Crippen LogP contribution in [-0.2, 0) is 6.42 Å². The Hall–Kier alpha value is -2.56. The van der Waals surface area contributed by atoms with Gasteiger partial charge in [0.2, 0.25) is 5.75 Å². The highest BCUT2D eigenvalue weighted by atomic mass is 16.5. The average Bonchev–Trinajstić information content (AvgIpc) is 2.68. The van der Waals surface area contributed by atoms with Gasteiger partial charge in [0.1, 0.15) is 0 Å². The number of phenolic OH excluding ortho intramolecular Hbond substituents is 1. The molecule has 0 fully saturated rings. The average molecular weight is 372 g/mol. The molecule has 0 aromatic heterocycles. The van der Waals surface area contributed by atoms with E-state index in [4.69, 9.17) is 18.9 Å². The molecule has 0 unspecified atom stereocenters. The summed E-state index contributed by atoms with van der Waals surface area (Å²) in [4.78, 5) is 0. The molecule has 3 rings (SSSR count). The second-order valence-corrected chi connectivity index (χ2v) is 7.20. The van der Waals surface area contributed by atoms with Crippen LogP contribution < -0.4 is 18.9 Å². The molecule has 1 N–H and O–H groups in total.